The molecule has 2 unspecified atom stereocenters. The first kappa shape index (κ1) is 32.5. The van der Waals surface area contributed by atoms with E-state index in [-0.39, 0.29) is 38.0 Å². The zero-order valence-electron chi connectivity index (χ0n) is 23.1. The van der Waals surface area contributed by atoms with E-state index in [0.29, 0.717) is 30.2 Å². The van der Waals surface area contributed by atoms with Gasteiger partial charge in [0.25, 0.3) is 0 Å². The van der Waals surface area contributed by atoms with Gasteiger partial charge in [-0.05, 0) is 74.1 Å². The second kappa shape index (κ2) is 12.7. The van der Waals surface area contributed by atoms with Crippen LogP contribution in [0.1, 0.15) is 72.3 Å². The van der Waals surface area contributed by atoms with E-state index in [4.69, 9.17) is 39.5 Å². The molecular formula is C31H29Cl3F3NO3S. The van der Waals surface area contributed by atoms with Gasteiger partial charge >= 0.3 is 12.3 Å². The predicted octanol–water partition coefficient (Wildman–Crippen LogP) is 10.1. The van der Waals surface area contributed by atoms with Crippen molar-refractivity contribution in [3.05, 3.63) is 104 Å². The molecule has 2 atom stereocenters. The van der Waals surface area contributed by atoms with E-state index in [1.54, 1.807) is 63.2 Å². The number of halogens is 6. The quantitative estimate of drug-likeness (QED) is 0.193. The van der Waals surface area contributed by atoms with Crippen molar-refractivity contribution in [3.63, 3.8) is 0 Å². The average Bonchev–Trinajstić information content (AvgIpc) is 3.29. The Morgan fingerprint density at radius 2 is 1.62 bits per heavy atom. The van der Waals surface area contributed by atoms with Crippen molar-refractivity contribution in [1.82, 2.24) is 5.32 Å². The molecule has 1 aliphatic rings. The summed E-state index contributed by atoms with van der Waals surface area (Å²) in [6, 6.07) is 15.4. The summed E-state index contributed by atoms with van der Waals surface area (Å²) in [5, 5.41) is 2.49. The van der Waals surface area contributed by atoms with E-state index in [1.807, 2.05) is 0 Å². The number of Topliss-reactive ketones (excluding diaryl/α,β-unsaturated/α-hetero) is 1. The molecule has 0 aromatic heterocycles. The molecule has 0 heterocycles. The van der Waals surface area contributed by atoms with E-state index in [2.05, 4.69) is 5.32 Å². The predicted molar refractivity (Wildman–Crippen MR) is 163 cm³/mol. The van der Waals surface area contributed by atoms with Crippen LogP contribution in [0.4, 0.5) is 18.0 Å². The summed E-state index contributed by atoms with van der Waals surface area (Å²) in [7, 11) is 0. The van der Waals surface area contributed by atoms with Crippen LogP contribution >= 0.6 is 46.6 Å². The Hall–Kier alpha value is -2.39. The molecule has 4 rings (SSSR count). The van der Waals surface area contributed by atoms with E-state index in [9.17, 15) is 9.59 Å². The highest BCUT2D eigenvalue weighted by Gasteiger charge is 2.57. The van der Waals surface area contributed by atoms with Crippen LogP contribution < -0.4 is 5.32 Å². The summed E-state index contributed by atoms with van der Waals surface area (Å²) < 4.78 is 48.2. The Bertz CT molecular complexity index is 1450. The fourth-order valence-corrected chi connectivity index (χ4v) is 6.75. The van der Waals surface area contributed by atoms with Crippen LogP contribution in [0.2, 0.25) is 15.1 Å². The van der Waals surface area contributed by atoms with Crippen molar-refractivity contribution in [1.29, 1.82) is 0 Å². The number of hydrogen-bond acceptors (Lipinski definition) is 4. The van der Waals surface area contributed by atoms with Gasteiger partial charge in [-0.25, -0.2) is 4.79 Å². The number of hydrogen-bond donors (Lipinski definition) is 1. The second-order valence-electron chi connectivity index (χ2n) is 11.1. The number of nitrogens with one attached hydrogen (secondary N) is 1. The van der Waals surface area contributed by atoms with Crippen molar-refractivity contribution < 1.29 is 27.5 Å². The molecule has 0 saturated heterocycles. The van der Waals surface area contributed by atoms with Gasteiger partial charge in [0.05, 0.1) is 21.1 Å². The first-order valence-corrected chi connectivity index (χ1v) is 15.3. The standard InChI is InChI=1S/C31H29Cl3F3NO3S/c1-29(2,3)41-28(40)38-25-12-10-19-13-20(9-11-22(19)25)26(39)16-30(31(35,36)37,42-17-18-7-5-4-6-8-18)21-14-23(32)27(34)24(33)15-21/h4-9,11,13-15,25H,10,12,16-17H2,1-3H3,(H,38,40). The van der Waals surface area contributed by atoms with Gasteiger partial charge in [0.2, 0.25) is 0 Å². The third kappa shape index (κ3) is 7.39. The molecule has 224 valence electrons. The number of fused-ring (bicyclic) bond motifs is 1. The zero-order chi connectivity index (χ0) is 30.9. The van der Waals surface area contributed by atoms with Crippen LogP contribution in [-0.4, -0.2) is 23.7 Å². The fraction of sp³-hybridized carbons (Fsp3) is 0.355. The van der Waals surface area contributed by atoms with Gasteiger partial charge in [-0.1, -0.05) is 77.3 Å². The van der Waals surface area contributed by atoms with E-state index >= 15 is 13.2 Å². The van der Waals surface area contributed by atoms with Crippen LogP contribution in [0.15, 0.2) is 60.7 Å². The summed E-state index contributed by atoms with van der Waals surface area (Å²) in [6.45, 7) is 5.29. The summed E-state index contributed by atoms with van der Waals surface area (Å²) in [5.41, 5.74) is 1.47. The van der Waals surface area contributed by atoms with E-state index in [0.717, 1.165) is 23.3 Å². The monoisotopic (exact) mass is 657 g/mol. The fourth-order valence-electron chi connectivity index (χ4n) is 4.87. The van der Waals surface area contributed by atoms with Crippen molar-refractivity contribution >= 4 is 58.4 Å². The lowest BCUT2D eigenvalue weighted by atomic mass is 9.89. The maximum atomic E-state index is 15.2. The molecule has 0 radical (unpaired) electrons. The molecule has 0 saturated carbocycles. The number of aryl methyl sites for hydroxylation is 1. The van der Waals surface area contributed by atoms with Crippen molar-refractivity contribution in [3.8, 4) is 0 Å². The lowest BCUT2D eigenvalue weighted by Gasteiger charge is -2.36. The minimum Gasteiger partial charge on any atom is -0.444 e. The highest BCUT2D eigenvalue weighted by atomic mass is 35.5. The van der Waals surface area contributed by atoms with Crippen LogP contribution in [0.3, 0.4) is 0 Å². The van der Waals surface area contributed by atoms with Crippen LogP contribution in [0.25, 0.3) is 0 Å². The number of thioether (sulfide) groups is 1. The number of alkyl carbamates (subject to hydrolysis) is 1. The number of carbonyl (C=O) groups excluding carboxylic acids is 2. The average molecular weight is 659 g/mol. The summed E-state index contributed by atoms with van der Waals surface area (Å²) in [6.07, 6.45) is -5.19. The van der Waals surface area contributed by atoms with E-state index < -0.39 is 34.8 Å². The van der Waals surface area contributed by atoms with E-state index in [1.165, 1.54) is 6.07 Å². The topological polar surface area (TPSA) is 55.4 Å². The third-order valence-corrected chi connectivity index (χ3v) is 9.66. The molecule has 42 heavy (non-hydrogen) atoms. The first-order valence-electron chi connectivity index (χ1n) is 13.1. The molecule has 1 aliphatic carbocycles. The van der Waals surface area contributed by atoms with Crippen LogP contribution in [0.5, 0.6) is 0 Å². The summed E-state index contributed by atoms with van der Waals surface area (Å²) in [4.78, 5) is 25.9. The number of ether oxygens (including phenoxy) is 1. The molecule has 3 aromatic rings. The molecule has 0 bridgehead atoms. The van der Waals surface area contributed by atoms with Crippen molar-refractivity contribution in [2.45, 2.75) is 68.4 Å². The molecule has 0 aliphatic heterocycles. The Morgan fingerprint density at radius 3 is 2.21 bits per heavy atom. The molecule has 1 N–H and O–H groups in total. The number of rotatable bonds is 8. The Balaban J connectivity index is 1.67. The second-order valence-corrected chi connectivity index (χ2v) is 13.6. The smallest absolute Gasteiger partial charge is 0.408 e. The Labute approximate surface area is 262 Å². The number of ketones is 1. The van der Waals surface area contributed by atoms with Crippen molar-refractivity contribution in [2.75, 3.05) is 0 Å². The molecule has 1 amide bonds. The maximum absolute atomic E-state index is 15.2. The van der Waals surface area contributed by atoms with Gasteiger partial charge in [-0.3, -0.25) is 4.79 Å². The van der Waals surface area contributed by atoms with Gasteiger partial charge in [-0.2, -0.15) is 13.2 Å². The summed E-state index contributed by atoms with van der Waals surface area (Å²) >= 11 is 19.0. The Morgan fingerprint density at radius 1 is 0.976 bits per heavy atom. The van der Waals surface area contributed by atoms with Gasteiger partial charge in [0.15, 0.2) is 5.78 Å². The lowest BCUT2D eigenvalue weighted by molar-refractivity contribution is -0.161. The number of carbonyl (C=O) groups is 2. The highest BCUT2D eigenvalue weighted by molar-refractivity contribution is 7.99. The zero-order valence-corrected chi connectivity index (χ0v) is 26.2. The van der Waals surface area contributed by atoms with Crippen LogP contribution in [0, 0.1) is 0 Å². The normalized spacial score (nSPS) is 16.5. The Kier molecular flexibility index (Phi) is 9.82. The molecule has 0 fully saturated rings. The number of benzene rings is 3. The van der Waals surface area contributed by atoms with Crippen LogP contribution in [-0.2, 0) is 21.7 Å². The van der Waals surface area contributed by atoms with Gasteiger partial charge < -0.3 is 10.1 Å². The third-order valence-electron chi connectivity index (χ3n) is 6.88. The minimum atomic E-state index is -4.86. The first-order chi connectivity index (χ1) is 19.6. The lowest BCUT2D eigenvalue weighted by Crippen LogP contribution is -2.41. The van der Waals surface area contributed by atoms with Gasteiger partial charge in [0, 0.05) is 17.7 Å². The molecule has 4 nitrogen and oxygen atoms in total. The minimum absolute atomic E-state index is 0.0201. The molecular weight excluding hydrogens is 630 g/mol. The van der Waals surface area contributed by atoms with Gasteiger partial charge in [-0.15, -0.1) is 11.8 Å². The van der Waals surface area contributed by atoms with Gasteiger partial charge in [0.1, 0.15) is 10.3 Å². The van der Waals surface area contributed by atoms with Crippen molar-refractivity contribution in [2.24, 2.45) is 0 Å². The maximum Gasteiger partial charge on any atom is 0.408 e. The SMILES string of the molecule is CC(C)(C)OC(=O)NC1CCc2cc(C(=O)CC(SCc3ccccc3)(c3cc(Cl)c(Cl)c(Cl)c3)C(F)(F)F)ccc21. The largest absolute Gasteiger partial charge is 0.444 e. The molecule has 0 spiro atoms. The highest BCUT2D eigenvalue weighted by Crippen LogP contribution is 2.55. The number of alkyl halides is 3. The molecule has 3 aromatic carbocycles. The molecule has 11 heteroatoms. The summed E-state index contributed by atoms with van der Waals surface area (Å²) in [5.74, 6) is -0.713. The number of amides is 1.